The third-order valence-electron chi connectivity index (χ3n) is 2.93. The van der Waals surface area contributed by atoms with E-state index in [0.29, 0.717) is 11.3 Å². The predicted molar refractivity (Wildman–Crippen MR) is 74.3 cm³/mol. The standard InChI is InChI=1S/C14H14N2O3S/c1-3-18-14(17)11-8(2)19-13(16)9(7-15)12(11)10-5-4-6-20-10/h4-6,12H,3,16H2,1-2H3/t12-/m0/s1. The van der Waals surface area contributed by atoms with Crippen molar-refractivity contribution in [2.75, 3.05) is 6.61 Å². The number of carbonyl (C=O) groups excluding carboxylic acids is 1. The average Bonchev–Trinajstić information content (AvgIpc) is 2.91. The molecule has 0 aromatic carbocycles. The van der Waals surface area contributed by atoms with Gasteiger partial charge in [-0.15, -0.1) is 11.3 Å². The smallest absolute Gasteiger partial charge is 0.338 e. The average molecular weight is 290 g/mol. The van der Waals surface area contributed by atoms with Gasteiger partial charge in [-0.2, -0.15) is 5.26 Å². The van der Waals surface area contributed by atoms with Gasteiger partial charge in [0, 0.05) is 4.88 Å². The van der Waals surface area contributed by atoms with Crippen LogP contribution in [0.4, 0.5) is 0 Å². The van der Waals surface area contributed by atoms with Crippen molar-refractivity contribution in [1.82, 2.24) is 0 Å². The lowest BCUT2D eigenvalue weighted by Gasteiger charge is -2.25. The molecule has 2 rings (SSSR count). The van der Waals surface area contributed by atoms with E-state index in [1.807, 2.05) is 23.6 Å². The Morgan fingerprint density at radius 2 is 2.40 bits per heavy atom. The number of thiophene rings is 1. The first-order valence-corrected chi connectivity index (χ1v) is 6.97. The van der Waals surface area contributed by atoms with Crippen molar-refractivity contribution in [3.63, 3.8) is 0 Å². The Morgan fingerprint density at radius 3 is 2.95 bits per heavy atom. The van der Waals surface area contributed by atoms with E-state index in [1.165, 1.54) is 11.3 Å². The summed E-state index contributed by atoms with van der Waals surface area (Å²) in [6.07, 6.45) is 0. The fraction of sp³-hybridized carbons (Fsp3) is 0.286. The monoisotopic (exact) mass is 290 g/mol. The first kappa shape index (κ1) is 14.2. The highest BCUT2D eigenvalue weighted by Gasteiger charge is 2.36. The Labute approximate surface area is 120 Å². The zero-order chi connectivity index (χ0) is 14.7. The molecular weight excluding hydrogens is 276 g/mol. The summed E-state index contributed by atoms with van der Waals surface area (Å²) in [7, 11) is 0. The summed E-state index contributed by atoms with van der Waals surface area (Å²) in [5.41, 5.74) is 6.34. The number of allylic oxidation sites excluding steroid dienone is 2. The number of nitrogens with zero attached hydrogens (tertiary/aromatic N) is 1. The van der Waals surface area contributed by atoms with Crippen molar-refractivity contribution in [2.45, 2.75) is 19.8 Å². The number of carbonyl (C=O) groups is 1. The number of ether oxygens (including phenoxy) is 2. The Morgan fingerprint density at radius 1 is 1.65 bits per heavy atom. The third kappa shape index (κ3) is 2.40. The van der Waals surface area contributed by atoms with E-state index in [9.17, 15) is 10.1 Å². The molecule has 0 spiro atoms. The quantitative estimate of drug-likeness (QED) is 0.864. The molecule has 0 bridgehead atoms. The highest BCUT2D eigenvalue weighted by molar-refractivity contribution is 7.10. The summed E-state index contributed by atoms with van der Waals surface area (Å²) >= 11 is 1.45. The van der Waals surface area contributed by atoms with Crippen LogP contribution in [-0.4, -0.2) is 12.6 Å². The molecule has 0 aliphatic carbocycles. The van der Waals surface area contributed by atoms with Crippen LogP contribution in [0.5, 0.6) is 0 Å². The van der Waals surface area contributed by atoms with Crippen LogP contribution in [0, 0.1) is 11.3 Å². The van der Waals surface area contributed by atoms with Crippen LogP contribution in [0.25, 0.3) is 0 Å². The van der Waals surface area contributed by atoms with Gasteiger partial charge in [-0.1, -0.05) is 6.07 Å². The van der Waals surface area contributed by atoms with Crippen molar-refractivity contribution in [3.8, 4) is 6.07 Å². The van der Waals surface area contributed by atoms with E-state index in [2.05, 4.69) is 0 Å². The molecule has 1 aromatic heterocycles. The molecule has 6 heteroatoms. The molecule has 1 atom stereocenters. The van der Waals surface area contributed by atoms with Crippen LogP contribution in [0.2, 0.25) is 0 Å². The van der Waals surface area contributed by atoms with E-state index in [-0.39, 0.29) is 18.1 Å². The fourth-order valence-electron chi connectivity index (χ4n) is 2.09. The Balaban J connectivity index is 2.55. The normalized spacial score (nSPS) is 18.6. The summed E-state index contributed by atoms with van der Waals surface area (Å²) < 4.78 is 10.4. The van der Waals surface area contributed by atoms with Crippen molar-refractivity contribution >= 4 is 17.3 Å². The Bertz CT molecular complexity index is 623. The predicted octanol–water partition coefficient (Wildman–Crippen LogP) is 2.39. The van der Waals surface area contributed by atoms with Gasteiger partial charge in [-0.05, 0) is 25.3 Å². The number of nitrogens with two attached hydrogens (primary N) is 1. The van der Waals surface area contributed by atoms with Crippen LogP contribution in [0.3, 0.4) is 0 Å². The minimum absolute atomic E-state index is 0.0384. The minimum atomic E-state index is -0.521. The maximum Gasteiger partial charge on any atom is 0.338 e. The number of hydrogen-bond donors (Lipinski definition) is 1. The first-order valence-electron chi connectivity index (χ1n) is 6.09. The Hall–Kier alpha value is -2.26. The summed E-state index contributed by atoms with van der Waals surface area (Å²) in [5.74, 6) is -0.591. The van der Waals surface area contributed by atoms with Gasteiger partial charge in [0.1, 0.15) is 17.4 Å². The van der Waals surface area contributed by atoms with E-state index >= 15 is 0 Å². The Kier molecular flexibility index (Phi) is 4.11. The molecule has 5 nitrogen and oxygen atoms in total. The maximum absolute atomic E-state index is 12.2. The van der Waals surface area contributed by atoms with Crippen LogP contribution >= 0.6 is 11.3 Å². The zero-order valence-corrected chi connectivity index (χ0v) is 12.0. The van der Waals surface area contributed by atoms with Crippen molar-refractivity contribution in [3.05, 3.63) is 45.2 Å². The second-order valence-corrected chi connectivity index (χ2v) is 5.11. The highest BCUT2D eigenvalue weighted by Crippen LogP contribution is 2.41. The molecule has 1 aliphatic heterocycles. The van der Waals surface area contributed by atoms with Crippen LogP contribution in [0.15, 0.2) is 40.3 Å². The van der Waals surface area contributed by atoms with Crippen molar-refractivity contribution < 1.29 is 14.3 Å². The van der Waals surface area contributed by atoms with E-state index in [4.69, 9.17) is 15.2 Å². The summed E-state index contributed by atoms with van der Waals surface area (Å²) in [4.78, 5) is 13.0. The van der Waals surface area contributed by atoms with Crippen LogP contribution in [-0.2, 0) is 14.3 Å². The number of hydrogen-bond acceptors (Lipinski definition) is 6. The molecule has 1 aromatic rings. The van der Waals surface area contributed by atoms with Gasteiger partial charge in [0.25, 0.3) is 0 Å². The summed E-state index contributed by atoms with van der Waals surface area (Å²) in [5, 5.41) is 11.2. The van der Waals surface area contributed by atoms with Crippen molar-refractivity contribution in [2.24, 2.45) is 5.73 Å². The summed E-state index contributed by atoms with van der Waals surface area (Å²) in [6, 6.07) is 5.75. The minimum Gasteiger partial charge on any atom is -0.463 e. The van der Waals surface area contributed by atoms with Crippen molar-refractivity contribution in [1.29, 1.82) is 5.26 Å². The largest absolute Gasteiger partial charge is 0.463 e. The van der Waals surface area contributed by atoms with Gasteiger partial charge >= 0.3 is 5.97 Å². The van der Waals surface area contributed by atoms with E-state index in [1.54, 1.807) is 13.8 Å². The van der Waals surface area contributed by atoms with Gasteiger partial charge in [0.05, 0.1) is 18.1 Å². The third-order valence-corrected chi connectivity index (χ3v) is 3.87. The van der Waals surface area contributed by atoms with E-state index in [0.717, 1.165) is 4.88 Å². The van der Waals surface area contributed by atoms with Gasteiger partial charge in [0.2, 0.25) is 5.88 Å². The molecule has 20 heavy (non-hydrogen) atoms. The lowest BCUT2D eigenvalue weighted by Crippen LogP contribution is -2.25. The molecule has 0 fully saturated rings. The molecular formula is C14H14N2O3S. The molecule has 104 valence electrons. The number of rotatable bonds is 3. The first-order chi connectivity index (χ1) is 9.60. The SMILES string of the molecule is CCOC(=O)C1=C(C)OC(N)=C(C#N)[C@H]1c1cccs1. The topological polar surface area (TPSA) is 85.3 Å². The lowest BCUT2D eigenvalue weighted by atomic mass is 9.87. The molecule has 1 aliphatic rings. The second kappa shape index (κ2) is 5.80. The lowest BCUT2D eigenvalue weighted by molar-refractivity contribution is -0.139. The van der Waals surface area contributed by atoms with Crippen LogP contribution < -0.4 is 5.73 Å². The number of esters is 1. The zero-order valence-electron chi connectivity index (χ0n) is 11.2. The molecule has 2 N–H and O–H groups in total. The van der Waals surface area contributed by atoms with E-state index < -0.39 is 11.9 Å². The highest BCUT2D eigenvalue weighted by atomic mass is 32.1. The maximum atomic E-state index is 12.2. The molecule has 2 heterocycles. The van der Waals surface area contributed by atoms with Gasteiger partial charge in [0.15, 0.2) is 0 Å². The molecule has 0 saturated carbocycles. The summed E-state index contributed by atoms with van der Waals surface area (Å²) in [6.45, 7) is 3.63. The van der Waals surface area contributed by atoms with Gasteiger partial charge in [-0.25, -0.2) is 4.79 Å². The molecule has 0 saturated heterocycles. The molecule has 0 unspecified atom stereocenters. The molecule has 0 amide bonds. The molecule has 0 radical (unpaired) electrons. The number of nitriles is 1. The van der Waals surface area contributed by atoms with Crippen LogP contribution in [0.1, 0.15) is 24.6 Å². The van der Waals surface area contributed by atoms with Gasteiger partial charge in [-0.3, -0.25) is 0 Å². The fourth-order valence-corrected chi connectivity index (χ4v) is 2.94. The van der Waals surface area contributed by atoms with Gasteiger partial charge < -0.3 is 15.2 Å². The second-order valence-electron chi connectivity index (χ2n) is 4.13.